The molecule has 1 N–H and O–H groups in total. The fourth-order valence-corrected chi connectivity index (χ4v) is 2.22. The molecule has 0 radical (unpaired) electrons. The van der Waals surface area contributed by atoms with E-state index in [1.807, 2.05) is 24.3 Å². The zero-order valence-electron chi connectivity index (χ0n) is 9.18. The number of ether oxygens (including phenoxy) is 1. The lowest BCUT2D eigenvalue weighted by Gasteiger charge is -2.01. The van der Waals surface area contributed by atoms with Crippen LogP contribution >= 0.6 is 11.3 Å². The van der Waals surface area contributed by atoms with Crippen LogP contribution in [0, 0.1) is 0 Å². The molecule has 0 amide bonds. The van der Waals surface area contributed by atoms with E-state index < -0.39 is 6.10 Å². The molecule has 84 valence electrons. The summed E-state index contributed by atoms with van der Waals surface area (Å²) in [4.78, 5) is 5.16. The lowest BCUT2D eigenvalue weighted by Crippen LogP contribution is -1.83. The first-order chi connectivity index (χ1) is 7.70. The smallest absolute Gasteiger partial charge is 0.123 e. The Morgan fingerprint density at radius 3 is 2.88 bits per heavy atom. The third-order valence-electron chi connectivity index (χ3n) is 2.25. The van der Waals surface area contributed by atoms with Crippen molar-refractivity contribution >= 4 is 11.3 Å². The number of aliphatic hydroxyl groups excluding tert-OH is 1. The molecule has 1 atom stereocenters. The first-order valence-corrected chi connectivity index (χ1v) is 5.80. The van der Waals surface area contributed by atoms with Gasteiger partial charge in [0.25, 0.3) is 0 Å². The summed E-state index contributed by atoms with van der Waals surface area (Å²) < 4.78 is 5.16. The molecule has 0 saturated heterocycles. The second kappa shape index (κ2) is 4.63. The highest BCUT2D eigenvalue weighted by atomic mass is 32.1. The molecule has 2 aromatic rings. The molecule has 3 nitrogen and oxygen atoms in total. The molecule has 1 heterocycles. The SMILES string of the molecule is COc1cccc(-c2ncc(C(C)O)s2)c1. The molecule has 0 bridgehead atoms. The molecule has 0 aliphatic carbocycles. The van der Waals surface area contributed by atoms with Crippen LogP contribution in [0.5, 0.6) is 5.75 Å². The summed E-state index contributed by atoms with van der Waals surface area (Å²) >= 11 is 1.50. The lowest BCUT2D eigenvalue weighted by molar-refractivity contribution is 0.203. The summed E-state index contributed by atoms with van der Waals surface area (Å²) in [6, 6.07) is 7.74. The number of aromatic nitrogens is 1. The molecule has 2 rings (SSSR count). The predicted octanol–water partition coefficient (Wildman–Crippen LogP) is 2.87. The average molecular weight is 235 g/mol. The quantitative estimate of drug-likeness (QED) is 0.889. The summed E-state index contributed by atoms with van der Waals surface area (Å²) in [5.74, 6) is 0.811. The molecule has 1 aromatic heterocycles. The van der Waals surface area contributed by atoms with Crippen LogP contribution < -0.4 is 4.74 Å². The molecule has 1 aromatic carbocycles. The van der Waals surface area contributed by atoms with Gasteiger partial charge in [-0.15, -0.1) is 11.3 Å². The van der Waals surface area contributed by atoms with Crippen LogP contribution in [-0.4, -0.2) is 17.2 Å². The van der Waals surface area contributed by atoms with Gasteiger partial charge in [0.2, 0.25) is 0 Å². The van der Waals surface area contributed by atoms with Crippen molar-refractivity contribution in [3.05, 3.63) is 35.3 Å². The summed E-state index contributed by atoms with van der Waals surface area (Å²) in [5.41, 5.74) is 1.01. The number of hydrogen-bond acceptors (Lipinski definition) is 4. The van der Waals surface area contributed by atoms with E-state index in [1.54, 1.807) is 20.2 Å². The van der Waals surface area contributed by atoms with Gasteiger partial charge in [0, 0.05) is 11.8 Å². The van der Waals surface area contributed by atoms with Crippen molar-refractivity contribution in [3.63, 3.8) is 0 Å². The van der Waals surface area contributed by atoms with Gasteiger partial charge in [0.1, 0.15) is 10.8 Å². The maximum Gasteiger partial charge on any atom is 0.123 e. The minimum atomic E-state index is -0.461. The largest absolute Gasteiger partial charge is 0.497 e. The Labute approximate surface area is 98.4 Å². The van der Waals surface area contributed by atoms with Crippen molar-refractivity contribution in [2.75, 3.05) is 7.11 Å². The first kappa shape index (κ1) is 11.1. The highest BCUT2D eigenvalue weighted by molar-refractivity contribution is 7.15. The van der Waals surface area contributed by atoms with Crippen molar-refractivity contribution in [3.8, 4) is 16.3 Å². The highest BCUT2D eigenvalue weighted by Gasteiger charge is 2.08. The van der Waals surface area contributed by atoms with E-state index in [1.165, 1.54) is 11.3 Å². The molecule has 4 heteroatoms. The van der Waals surface area contributed by atoms with Gasteiger partial charge in [-0.1, -0.05) is 12.1 Å². The number of benzene rings is 1. The maximum absolute atomic E-state index is 9.43. The average Bonchev–Trinajstić information content (AvgIpc) is 2.78. The van der Waals surface area contributed by atoms with Gasteiger partial charge in [-0.25, -0.2) is 4.98 Å². The van der Waals surface area contributed by atoms with Crippen LogP contribution in [0.1, 0.15) is 17.9 Å². The predicted molar refractivity (Wildman–Crippen MR) is 64.7 cm³/mol. The van der Waals surface area contributed by atoms with Crippen LogP contribution in [0.3, 0.4) is 0 Å². The monoisotopic (exact) mass is 235 g/mol. The molecule has 1 unspecified atom stereocenters. The van der Waals surface area contributed by atoms with E-state index in [0.717, 1.165) is 21.2 Å². The van der Waals surface area contributed by atoms with Crippen molar-refractivity contribution in [2.45, 2.75) is 13.0 Å². The number of methoxy groups -OCH3 is 1. The van der Waals surface area contributed by atoms with E-state index in [-0.39, 0.29) is 0 Å². The minimum Gasteiger partial charge on any atom is -0.497 e. The number of hydrogen-bond donors (Lipinski definition) is 1. The topological polar surface area (TPSA) is 42.4 Å². The number of aliphatic hydroxyl groups is 1. The van der Waals surface area contributed by atoms with Crippen molar-refractivity contribution in [1.82, 2.24) is 4.98 Å². The van der Waals surface area contributed by atoms with Gasteiger partial charge in [-0.3, -0.25) is 0 Å². The summed E-state index contributed by atoms with van der Waals surface area (Å²) in [6.45, 7) is 1.74. The van der Waals surface area contributed by atoms with E-state index in [0.29, 0.717) is 0 Å². The minimum absolute atomic E-state index is 0.461. The number of thiazole rings is 1. The fraction of sp³-hybridized carbons (Fsp3) is 0.250. The van der Waals surface area contributed by atoms with Gasteiger partial charge in [-0.05, 0) is 19.1 Å². The Balaban J connectivity index is 2.34. The third kappa shape index (κ3) is 2.23. The molecule has 0 saturated carbocycles. The van der Waals surface area contributed by atoms with Crippen LogP contribution in [0.15, 0.2) is 30.5 Å². The number of nitrogens with zero attached hydrogens (tertiary/aromatic N) is 1. The van der Waals surface area contributed by atoms with Crippen LogP contribution in [0.4, 0.5) is 0 Å². The standard InChI is InChI=1S/C12H13NO2S/c1-8(14)11-7-13-12(16-11)9-4-3-5-10(6-9)15-2/h3-8,14H,1-2H3. The van der Waals surface area contributed by atoms with Crippen molar-refractivity contribution < 1.29 is 9.84 Å². The maximum atomic E-state index is 9.43. The Morgan fingerprint density at radius 2 is 2.25 bits per heavy atom. The van der Waals surface area contributed by atoms with Crippen LogP contribution in [0.25, 0.3) is 10.6 Å². The second-order valence-electron chi connectivity index (χ2n) is 3.48. The van der Waals surface area contributed by atoms with E-state index in [2.05, 4.69) is 4.98 Å². The van der Waals surface area contributed by atoms with Gasteiger partial charge in [0.05, 0.1) is 18.1 Å². The van der Waals surface area contributed by atoms with E-state index >= 15 is 0 Å². The molecule has 0 aliphatic heterocycles. The van der Waals surface area contributed by atoms with Crippen LogP contribution in [0.2, 0.25) is 0 Å². The molecular formula is C12H13NO2S. The summed E-state index contributed by atoms with van der Waals surface area (Å²) in [7, 11) is 1.64. The van der Waals surface area contributed by atoms with Gasteiger partial charge in [-0.2, -0.15) is 0 Å². The Morgan fingerprint density at radius 1 is 1.44 bits per heavy atom. The molecular weight excluding hydrogens is 222 g/mol. The normalized spacial score (nSPS) is 12.4. The van der Waals surface area contributed by atoms with Gasteiger partial charge >= 0.3 is 0 Å². The second-order valence-corrected chi connectivity index (χ2v) is 4.54. The summed E-state index contributed by atoms with van der Waals surface area (Å²) in [6.07, 6.45) is 1.25. The molecule has 0 spiro atoms. The fourth-order valence-electron chi connectivity index (χ4n) is 1.37. The van der Waals surface area contributed by atoms with Gasteiger partial charge < -0.3 is 9.84 Å². The zero-order valence-corrected chi connectivity index (χ0v) is 9.99. The highest BCUT2D eigenvalue weighted by Crippen LogP contribution is 2.30. The Bertz CT molecular complexity index is 479. The summed E-state index contributed by atoms with van der Waals surface area (Å²) in [5, 5.41) is 10.3. The zero-order chi connectivity index (χ0) is 11.5. The lowest BCUT2D eigenvalue weighted by atomic mass is 10.2. The van der Waals surface area contributed by atoms with Crippen molar-refractivity contribution in [2.24, 2.45) is 0 Å². The number of rotatable bonds is 3. The Kier molecular flexibility index (Phi) is 3.22. The van der Waals surface area contributed by atoms with Gasteiger partial charge in [0.15, 0.2) is 0 Å². The molecule has 0 fully saturated rings. The van der Waals surface area contributed by atoms with E-state index in [4.69, 9.17) is 4.74 Å². The molecule has 0 aliphatic rings. The molecule has 16 heavy (non-hydrogen) atoms. The third-order valence-corrected chi connectivity index (χ3v) is 3.47. The first-order valence-electron chi connectivity index (χ1n) is 4.99. The van der Waals surface area contributed by atoms with Crippen LogP contribution in [-0.2, 0) is 0 Å². The Hall–Kier alpha value is -1.39. The van der Waals surface area contributed by atoms with Crippen molar-refractivity contribution in [1.29, 1.82) is 0 Å². The van der Waals surface area contributed by atoms with E-state index in [9.17, 15) is 5.11 Å².